The first-order valence-electron chi connectivity index (χ1n) is 11.9. The molecule has 0 radical (unpaired) electrons. The number of ether oxygens (including phenoxy) is 2. The predicted octanol–water partition coefficient (Wildman–Crippen LogP) is 3.91. The number of nitrogens with one attached hydrogen (secondary N) is 2. The minimum Gasteiger partial charge on any atom is -0.392 e. The molecular formula is C27H37N3O4. The number of aliphatic hydroxyl groups is 1. The summed E-state index contributed by atoms with van der Waals surface area (Å²) in [4.78, 5) is 13.9. The van der Waals surface area contributed by atoms with Crippen LogP contribution in [0, 0.1) is 5.92 Å². The molecule has 1 aliphatic rings. The van der Waals surface area contributed by atoms with E-state index in [1.807, 2.05) is 61.5 Å². The van der Waals surface area contributed by atoms with E-state index in [1.165, 1.54) is 0 Å². The fourth-order valence-electron chi connectivity index (χ4n) is 4.13. The van der Waals surface area contributed by atoms with Gasteiger partial charge in [0, 0.05) is 37.7 Å². The van der Waals surface area contributed by atoms with E-state index in [0.717, 1.165) is 35.3 Å². The lowest BCUT2D eigenvalue weighted by molar-refractivity contribution is -0.275. The van der Waals surface area contributed by atoms with Crippen LogP contribution in [0.1, 0.15) is 48.5 Å². The smallest absolute Gasteiger partial charge is 0.315 e. The lowest BCUT2D eigenvalue weighted by atomic mass is 9.90. The van der Waals surface area contributed by atoms with Crippen molar-refractivity contribution < 1.29 is 19.4 Å². The molecule has 0 aliphatic carbocycles. The molecule has 0 saturated carbocycles. The molecule has 2 amide bonds. The van der Waals surface area contributed by atoms with Crippen LogP contribution in [0.25, 0.3) is 0 Å². The first-order chi connectivity index (χ1) is 16.4. The van der Waals surface area contributed by atoms with Crippen molar-refractivity contribution in [2.75, 3.05) is 26.7 Å². The molecule has 0 aromatic heterocycles. The lowest BCUT2D eigenvalue weighted by Crippen LogP contribution is -2.43. The molecule has 0 unspecified atom stereocenters. The molecule has 2 aromatic carbocycles. The number of rotatable bonds is 10. The number of aliphatic hydroxyl groups excluding tert-OH is 1. The van der Waals surface area contributed by atoms with Gasteiger partial charge in [-0.3, -0.25) is 0 Å². The highest BCUT2D eigenvalue weighted by Crippen LogP contribution is 2.41. The van der Waals surface area contributed by atoms with Crippen molar-refractivity contribution in [2.45, 2.75) is 45.5 Å². The summed E-state index contributed by atoms with van der Waals surface area (Å²) in [6.45, 7) is 10.5. The SMILES string of the molecule is C=CCN(C)C[C@H]1O[C@@H](c2ccc(CNC(=O)NCC)cc2)O[C@@H](c2ccc(CO)cc2)[C@H]1C. The summed E-state index contributed by atoms with van der Waals surface area (Å²) in [6, 6.07) is 15.7. The van der Waals surface area contributed by atoms with Crippen LogP contribution >= 0.6 is 0 Å². The minimum absolute atomic E-state index is 0.0172. The molecule has 1 aliphatic heterocycles. The Hall–Kier alpha value is -2.71. The zero-order valence-corrected chi connectivity index (χ0v) is 20.4. The summed E-state index contributed by atoms with van der Waals surface area (Å²) in [6.07, 6.45) is 1.20. The standard InChI is InChI=1S/C27H37N3O4/c1-5-15-30(4)17-24-19(3)25(22-11-9-21(18-31)10-12-22)34-26(33-24)23-13-7-20(8-14-23)16-29-27(32)28-6-2/h5,7-14,19,24-26,31H,1,6,15-18H2,2-4H3,(H2,28,29,32)/t19-,24+,25+,26+/m0/s1. The van der Waals surface area contributed by atoms with Gasteiger partial charge in [-0.05, 0) is 30.7 Å². The van der Waals surface area contributed by atoms with Gasteiger partial charge in [0.15, 0.2) is 6.29 Å². The van der Waals surface area contributed by atoms with Crippen LogP contribution in [0.2, 0.25) is 0 Å². The van der Waals surface area contributed by atoms with Crippen LogP contribution < -0.4 is 10.6 Å². The van der Waals surface area contributed by atoms with E-state index in [4.69, 9.17) is 9.47 Å². The van der Waals surface area contributed by atoms with Crippen LogP contribution in [0.3, 0.4) is 0 Å². The van der Waals surface area contributed by atoms with Gasteiger partial charge in [0.25, 0.3) is 0 Å². The number of benzene rings is 2. The molecule has 7 heteroatoms. The molecule has 3 N–H and O–H groups in total. The van der Waals surface area contributed by atoms with Gasteiger partial charge >= 0.3 is 6.03 Å². The van der Waals surface area contributed by atoms with Crippen LogP contribution in [0.5, 0.6) is 0 Å². The van der Waals surface area contributed by atoms with Gasteiger partial charge in [-0.1, -0.05) is 61.5 Å². The predicted molar refractivity (Wildman–Crippen MR) is 133 cm³/mol. The quantitative estimate of drug-likeness (QED) is 0.462. The molecule has 1 saturated heterocycles. The van der Waals surface area contributed by atoms with Crippen LogP contribution in [-0.2, 0) is 22.6 Å². The number of hydrogen-bond donors (Lipinski definition) is 3. The molecular weight excluding hydrogens is 430 g/mol. The maximum Gasteiger partial charge on any atom is 0.315 e. The summed E-state index contributed by atoms with van der Waals surface area (Å²) in [5.41, 5.74) is 3.87. The van der Waals surface area contributed by atoms with Crippen LogP contribution in [0.15, 0.2) is 61.2 Å². The monoisotopic (exact) mass is 467 g/mol. The van der Waals surface area contributed by atoms with Crippen LogP contribution in [-0.4, -0.2) is 48.8 Å². The third-order valence-corrected chi connectivity index (χ3v) is 6.10. The van der Waals surface area contributed by atoms with E-state index in [0.29, 0.717) is 13.1 Å². The molecule has 2 aromatic rings. The Balaban J connectivity index is 1.78. The maximum absolute atomic E-state index is 11.7. The third kappa shape index (κ3) is 6.90. The van der Waals surface area contributed by atoms with Crippen molar-refractivity contribution >= 4 is 6.03 Å². The first-order valence-corrected chi connectivity index (χ1v) is 11.9. The Morgan fingerprint density at radius 2 is 1.71 bits per heavy atom. The molecule has 1 fully saturated rings. The van der Waals surface area contributed by atoms with Crippen molar-refractivity contribution in [1.29, 1.82) is 0 Å². The summed E-state index contributed by atoms with van der Waals surface area (Å²) in [5.74, 6) is 0.129. The maximum atomic E-state index is 11.7. The lowest BCUT2D eigenvalue weighted by Gasteiger charge is -2.42. The summed E-state index contributed by atoms with van der Waals surface area (Å²) >= 11 is 0. The molecule has 3 rings (SSSR count). The highest BCUT2D eigenvalue weighted by Gasteiger charge is 2.38. The third-order valence-electron chi connectivity index (χ3n) is 6.10. The Kier molecular flexibility index (Phi) is 9.65. The van der Waals surface area contributed by atoms with Crippen molar-refractivity contribution in [1.82, 2.24) is 15.5 Å². The van der Waals surface area contributed by atoms with E-state index in [2.05, 4.69) is 36.1 Å². The second-order valence-corrected chi connectivity index (χ2v) is 8.79. The van der Waals surface area contributed by atoms with Gasteiger partial charge in [0.05, 0.1) is 18.8 Å². The zero-order valence-electron chi connectivity index (χ0n) is 20.4. The number of nitrogens with zero attached hydrogens (tertiary/aromatic N) is 1. The van der Waals surface area contributed by atoms with E-state index in [9.17, 15) is 9.90 Å². The highest BCUT2D eigenvalue weighted by molar-refractivity contribution is 5.73. The van der Waals surface area contributed by atoms with Crippen molar-refractivity contribution in [3.05, 3.63) is 83.4 Å². The van der Waals surface area contributed by atoms with Gasteiger partial charge in [0.2, 0.25) is 0 Å². The van der Waals surface area contributed by atoms with E-state index < -0.39 is 6.29 Å². The highest BCUT2D eigenvalue weighted by atomic mass is 16.7. The molecule has 184 valence electrons. The van der Waals surface area contributed by atoms with Crippen LogP contribution in [0.4, 0.5) is 4.79 Å². The molecule has 7 nitrogen and oxygen atoms in total. The second kappa shape index (κ2) is 12.7. The zero-order chi connectivity index (χ0) is 24.5. The summed E-state index contributed by atoms with van der Waals surface area (Å²) < 4.78 is 12.9. The molecule has 0 spiro atoms. The fourth-order valence-corrected chi connectivity index (χ4v) is 4.13. The average Bonchev–Trinajstić information content (AvgIpc) is 2.85. The number of hydrogen-bond acceptors (Lipinski definition) is 5. The van der Waals surface area contributed by atoms with Gasteiger partial charge in [-0.25, -0.2) is 4.79 Å². The Morgan fingerprint density at radius 1 is 1.06 bits per heavy atom. The Morgan fingerprint density at radius 3 is 2.32 bits per heavy atom. The number of likely N-dealkylation sites (N-methyl/N-ethyl adjacent to an activating group) is 1. The normalized spacial score (nSPS) is 22.4. The van der Waals surface area contributed by atoms with Crippen molar-refractivity contribution in [3.63, 3.8) is 0 Å². The number of carbonyl (C=O) groups is 1. The Bertz CT molecular complexity index is 916. The van der Waals surface area contributed by atoms with Crippen molar-refractivity contribution in [2.24, 2.45) is 5.92 Å². The molecule has 4 atom stereocenters. The van der Waals surface area contributed by atoms with Gasteiger partial charge in [-0.15, -0.1) is 6.58 Å². The van der Waals surface area contributed by atoms with E-state index in [-0.39, 0.29) is 30.8 Å². The number of urea groups is 1. The first kappa shape index (κ1) is 25.9. The van der Waals surface area contributed by atoms with Gasteiger partial charge in [-0.2, -0.15) is 0 Å². The Labute approximate surface area is 202 Å². The number of amides is 2. The minimum atomic E-state index is -0.508. The number of carbonyl (C=O) groups excluding carboxylic acids is 1. The summed E-state index contributed by atoms with van der Waals surface area (Å²) in [5, 5.41) is 15.0. The largest absolute Gasteiger partial charge is 0.392 e. The second-order valence-electron chi connectivity index (χ2n) is 8.79. The summed E-state index contributed by atoms with van der Waals surface area (Å²) in [7, 11) is 2.06. The average molecular weight is 468 g/mol. The van der Waals surface area contributed by atoms with E-state index in [1.54, 1.807) is 0 Å². The molecule has 34 heavy (non-hydrogen) atoms. The van der Waals surface area contributed by atoms with Gasteiger partial charge < -0.3 is 30.1 Å². The fraction of sp³-hybridized carbons (Fsp3) is 0.444. The molecule has 1 heterocycles. The molecule has 0 bridgehead atoms. The topological polar surface area (TPSA) is 83.1 Å². The van der Waals surface area contributed by atoms with Crippen molar-refractivity contribution in [3.8, 4) is 0 Å². The van der Waals surface area contributed by atoms with Gasteiger partial charge in [0.1, 0.15) is 0 Å². The van der Waals surface area contributed by atoms with E-state index >= 15 is 0 Å².